The number of hydrogen-bond donors (Lipinski definition) is 3. The van der Waals surface area contributed by atoms with Gasteiger partial charge in [0.2, 0.25) is 5.82 Å². The number of nitrogens with one attached hydrogen (secondary N) is 3. The van der Waals surface area contributed by atoms with Gasteiger partial charge in [0.25, 0.3) is 5.91 Å². The van der Waals surface area contributed by atoms with E-state index in [0.29, 0.717) is 18.0 Å². The summed E-state index contributed by atoms with van der Waals surface area (Å²) >= 11 is 0. The van der Waals surface area contributed by atoms with E-state index in [-0.39, 0.29) is 5.82 Å². The second-order valence-corrected chi connectivity index (χ2v) is 4.78. The van der Waals surface area contributed by atoms with Crippen molar-refractivity contribution in [3.8, 4) is 5.75 Å². The Hall–Kier alpha value is -3.35. The largest absolute Gasteiger partial charge is 0.489 e. The third-order valence-corrected chi connectivity index (χ3v) is 3.08. The zero-order valence-corrected chi connectivity index (χ0v) is 12.1. The van der Waals surface area contributed by atoms with Gasteiger partial charge >= 0.3 is 5.69 Å². The zero-order chi connectivity index (χ0) is 16.1. The van der Waals surface area contributed by atoms with Gasteiger partial charge in [-0.25, -0.2) is 9.89 Å². The molecule has 0 spiro atoms. The van der Waals surface area contributed by atoms with E-state index in [2.05, 4.69) is 20.5 Å². The van der Waals surface area contributed by atoms with E-state index in [0.717, 1.165) is 5.56 Å². The lowest BCUT2D eigenvalue weighted by molar-refractivity contribution is 0.101. The number of aromatic amines is 2. The highest BCUT2D eigenvalue weighted by Crippen LogP contribution is 2.17. The predicted octanol–water partition coefficient (Wildman–Crippen LogP) is 1.93. The molecule has 7 heteroatoms. The van der Waals surface area contributed by atoms with Crippen molar-refractivity contribution in [2.75, 3.05) is 5.32 Å². The third kappa shape index (κ3) is 3.85. The Bertz CT molecular complexity index is 838. The predicted molar refractivity (Wildman–Crippen MR) is 84.4 cm³/mol. The number of hydrogen-bond acceptors (Lipinski definition) is 4. The number of rotatable bonds is 5. The van der Waals surface area contributed by atoms with Gasteiger partial charge in [-0.15, -0.1) is 5.10 Å². The molecule has 0 aliphatic carbocycles. The number of aromatic nitrogens is 3. The Morgan fingerprint density at radius 2 is 1.83 bits per heavy atom. The molecule has 0 radical (unpaired) electrons. The summed E-state index contributed by atoms with van der Waals surface area (Å²) in [6.07, 6.45) is 0. The van der Waals surface area contributed by atoms with Gasteiger partial charge in [-0.1, -0.05) is 30.3 Å². The second kappa shape index (κ2) is 6.61. The average molecular weight is 310 g/mol. The molecule has 3 aromatic rings. The summed E-state index contributed by atoms with van der Waals surface area (Å²) in [5, 5.41) is 8.32. The molecule has 1 heterocycles. The molecular weight excluding hydrogens is 296 g/mol. The van der Waals surface area contributed by atoms with Crippen molar-refractivity contribution in [1.29, 1.82) is 0 Å². The number of benzene rings is 2. The fourth-order valence-corrected chi connectivity index (χ4v) is 1.94. The monoisotopic (exact) mass is 310 g/mol. The highest BCUT2D eigenvalue weighted by molar-refractivity contribution is 6.01. The minimum Gasteiger partial charge on any atom is -0.489 e. The topological polar surface area (TPSA) is 99.9 Å². The first-order chi connectivity index (χ1) is 11.2. The van der Waals surface area contributed by atoms with Gasteiger partial charge in [0, 0.05) is 5.69 Å². The Morgan fingerprint density at radius 1 is 1.09 bits per heavy atom. The molecule has 3 rings (SSSR count). The molecule has 2 aromatic carbocycles. The number of anilines is 1. The van der Waals surface area contributed by atoms with Crippen molar-refractivity contribution < 1.29 is 9.53 Å². The summed E-state index contributed by atoms with van der Waals surface area (Å²) in [6, 6.07) is 16.8. The normalized spacial score (nSPS) is 10.3. The van der Waals surface area contributed by atoms with Gasteiger partial charge in [-0.3, -0.25) is 9.78 Å². The molecule has 3 N–H and O–H groups in total. The van der Waals surface area contributed by atoms with Crippen LogP contribution in [0, 0.1) is 0 Å². The van der Waals surface area contributed by atoms with Gasteiger partial charge in [-0.2, -0.15) is 0 Å². The van der Waals surface area contributed by atoms with Crippen molar-refractivity contribution in [2.24, 2.45) is 0 Å². The Morgan fingerprint density at radius 3 is 2.48 bits per heavy atom. The van der Waals surface area contributed by atoms with Crippen LogP contribution in [0.2, 0.25) is 0 Å². The van der Waals surface area contributed by atoms with Gasteiger partial charge in [0.15, 0.2) is 0 Å². The molecule has 116 valence electrons. The molecule has 0 saturated carbocycles. The van der Waals surface area contributed by atoms with E-state index in [4.69, 9.17) is 4.74 Å². The van der Waals surface area contributed by atoms with E-state index < -0.39 is 11.6 Å². The SMILES string of the molecule is O=C(Nc1ccc(OCc2ccccc2)cc1)c1n[nH]c(=O)[nH]1. The van der Waals surface area contributed by atoms with Crippen LogP contribution in [0.25, 0.3) is 0 Å². The van der Waals surface area contributed by atoms with Crippen molar-refractivity contribution in [1.82, 2.24) is 15.2 Å². The zero-order valence-electron chi connectivity index (χ0n) is 12.1. The molecule has 23 heavy (non-hydrogen) atoms. The molecule has 7 nitrogen and oxygen atoms in total. The van der Waals surface area contributed by atoms with Crippen molar-refractivity contribution in [2.45, 2.75) is 6.61 Å². The molecule has 0 unspecified atom stereocenters. The van der Waals surface area contributed by atoms with E-state index in [9.17, 15) is 9.59 Å². The summed E-state index contributed by atoms with van der Waals surface area (Å²) in [6.45, 7) is 0.473. The number of ether oxygens (including phenoxy) is 1. The van der Waals surface area contributed by atoms with Crippen LogP contribution in [0.1, 0.15) is 16.2 Å². The van der Waals surface area contributed by atoms with Crippen LogP contribution in [0.5, 0.6) is 5.75 Å². The summed E-state index contributed by atoms with van der Waals surface area (Å²) in [4.78, 5) is 25.0. The van der Waals surface area contributed by atoms with Gasteiger partial charge in [-0.05, 0) is 29.8 Å². The fourth-order valence-electron chi connectivity index (χ4n) is 1.94. The van der Waals surface area contributed by atoms with E-state index in [1.165, 1.54) is 0 Å². The van der Waals surface area contributed by atoms with Crippen LogP contribution in [0.3, 0.4) is 0 Å². The van der Waals surface area contributed by atoms with Gasteiger partial charge in [0.1, 0.15) is 12.4 Å². The van der Waals surface area contributed by atoms with E-state index in [1.54, 1.807) is 24.3 Å². The number of amides is 1. The first kappa shape index (κ1) is 14.6. The summed E-state index contributed by atoms with van der Waals surface area (Å²) < 4.78 is 5.66. The van der Waals surface area contributed by atoms with Crippen LogP contribution >= 0.6 is 0 Å². The highest BCUT2D eigenvalue weighted by Gasteiger charge is 2.10. The number of H-pyrrole nitrogens is 2. The molecule has 0 saturated heterocycles. The van der Waals surface area contributed by atoms with Crippen LogP contribution in [0.4, 0.5) is 5.69 Å². The van der Waals surface area contributed by atoms with Gasteiger partial charge in [0.05, 0.1) is 0 Å². The van der Waals surface area contributed by atoms with Crippen LogP contribution in [-0.4, -0.2) is 21.1 Å². The van der Waals surface area contributed by atoms with E-state index in [1.807, 2.05) is 30.3 Å². The maximum absolute atomic E-state index is 11.8. The fraction of sp³-hybridized carbons (Fsp3) is 0.0625. The highest BCUT2D eigenvalue weighted by atomic mass is 16.5. The summed E-state index contributed by atoms with van der Waals surface area (Å²) in [5.41, 5.74) is 1.12. The first-order valence-corrected chi connectivity index (χ1v) is 6.93. The molecule has 0 aliphatic heterocycles. The van der Waals surface area contributed by atoms with E-state index >= 15 is 0 Å². The van der Waals surface area contributed by atoms with Crippen LogP contribution in [-0.2, 0) is 6.61 Å². The van der Waals surface area contributed by atoms with Crippen molar-refractivity contribution >= 4 is 11.6 Å². The standard InChI is InChI=1S/C16H14N4O3/c21-15(14-18-16(22)20-19-14)17-12-6-8-13(9-7-12)23-10-11-4-2-1-3-5-11/h1-9H,10H2,(H,17,21)(H2,18,19,20,22). The Labute approximate surface area is 131 Å². The number of carbonyl (C=O) groups excluding carboxylic acids is 1. The van der Waals surface area contributed by atoms with Crippen LogP contribution < -0.4 is 15.7 Å². The number of nitrogens with zero attached hydrogens (tertiary/aromatic N) is 1. The number of carbonyl (C=O) groups is 1. The Balaban J connectivity index is 1.58. The lowest BCUT2D eigenvalue weighted by Crippen LogP contribution is -2.14. The summed E-state index contributed by atoms with van der Waals surface area (Å²) in [5.74, 6) is 0.126. The lowest BCUT2D eigenvalue weighted by Gasteiger charge is -2.07. The molecule has 1 amide bonds. The molecule has 0 atom stereocenters. The second-order valence-electron chi connectivity index (χ2n) is 4.78. The maximum atomic E-state index is 11.8. The minimum atomic E-state index is -0.528. The minimum absolute atomic E-state index is 0.0700. The van der Waals surface area contributed by atoms with Crippen molar-refractivity contribution in [3.05, 3.63) is 76.5 Å². The smallest absolute Gasteiger partial charge is 0.341 e. The van der Waals surface area contributed by atoms with Gasteiger partial charge < -0.3 is 10.1 Å². The quantitative estimate of drug-likeness (QED) is 0.670. The lowest BCUT2D eigenvalue weighted by atomic mass is 10.2. The molecule has 0 aliphatic rings. The third-order valence-electron chi connectivity index (χ3n) is 3.08. The Kier molecular flexibility index (Phi) is 4.19. The van der Waals surface area contributed by atoms with Crippen molar-refractivity contribution in [3.63, 3.8) is 0 Å². The molecule has 1 aromatic heterocycles. The maximum Gasteiger partial charge on any atom is 0.341 e. The molecule has 0 fully saturated rings. The average Bonchev–Trinajstić information content (AvgIpc) is 3.02. The first-order valence-electron chi connectivity index (χ1n) is 6.93. The summed E-state index contributed by atoms with van der Waals surface area (Å²) in [7, 11) is 0. The van der Waals surface area contributed by atoms with Crippen LogP contribution in [0.15, 0.2) is 59.4 Å². The molecular formula is C16H14N4O3. The molecule has 0 bridgehead atoms.